The number of methoxy groups -OCH3 is 1. The Morgan fingerprint density at radius 2 is 2.31 bits per heavy atom. The first-order chi connectivity index (χ1) is 7.77. The van der Waals surface area contributed by atoms with Crippen LogP contribution in [0.4, 0.5) is 0 Å². The van der Waals surface area contributed by atoms with Gasteiger partial charge in [-0.3, -0.25) is 4.79 Å². The maximum atomic E-state index is 11.4. The molecule has 1 aliphatic heterocycles. The molecule has 94 valence electrons. The van der Waals surface area contributed by atoms with E-state index in [4.69, 9.17) is 14.6 Å². The fraction of sp³-hybridized carbons (Fsp3) is 0.909. The zero-order valence-corrected chi connectivity index (χ0v) is 9.85. The smallest absolute Gasteiger partial charge is 0.309 e. The second-order valence-electron chi connectivity index (χ2n) is 4.00. The zero-order chi connectivity index (χ0) is 11.8. The molecule has 1 saturated heterocycles. The maximum Gasteiger partial charge on any atom is 0.309 e. The van der Waals surface area contributed by atoms with Crippen LogP contribution < -0.4 is 0 Å². The molecule has 0 aromatic carbocycles. The van der Waals surface area contributed by atoms with Gasteiger partial charge in [0.1, 0.15) is 0 Å². The van der Waals surface area contributed by atoms with Gasteiger partial charge in [-0.1, -0.05) is 0 Å². The highest BCUT2D eigenvalue weighted by atomic mass is 16.5. The van der Waals surface area contributed by atoms with Gasteiger partial charge in [0.05, 0.1) is 32.8 Å². The Morgan fingerprint density at radius 1 is 1.50 bits per heavy atom. The minimum atomic E-state index is -0.110. The van der Waals surface area contributed by atoms with Gasteiger partial charge in [0.15, 0.2) is 0 Å². The molecule has 1 N–H and O–H groups in total. The minimum Gasteiger partial charge on any atom is -0.469 e. The number of aliphatic hydroxyl groups is 1. The van der Waals surface area contributed by atoms with Crippen molar-refractivity contribution >= 4 is 5.97 Å². The standard InChI is InChI=1S/C11H21NO4/c1-15-11(14)10-3-2-4-12(9-10)5-7-16-8-6-13/h10,13H,2-9H2,1H3. The molecule has 1 atom stereocenters. The summed E-state index contributed by atoms with van der Waals surface area (Å²) in [5.74, 6) is -0.0995. The van der Waals surface area contributed by atoms with Crippen LogP contribution >= 0.6 is 0 Å². The Balaban J connectivity index is 2.20. The van der Waals surface area contributed by atoms with E-state index in [1.807, 2.05) is 0 Å². The lowest BCUT2D eigenvalue weighted by molar-refractivity contribution is -0.147. The largest absolute Gasteiger partial charge is 0.469 e. The van der Waals surface area contributed by atoms with Gasteiger partial charge in [-0.15, -0.1) is 0 Å². The maximum absolute atomic E-state index is 11.4. The molecular weight excluding hydrogens is 210 g/mol. The van der Waals surface area contributed by atoms with Gasteiger partial charge in [-0.25, -0.2) is 0 Å². The quantitative estimate of drug-likeness (QED) is 0.510. The number of aliphatic hydroxyl groups excluding tert-OH is 1. The van der Waals surface area contributed by atoms with Crippen molar-refractivity contribution in [2.45, 2.75) is 12.8 Å². The van der Waals surface area contributed by atoms with E-state index in [0.29, 0.717) is 13.2 Å². The SMILES string of the molecule is COC(=O)C1CCCN(CCOCCO)C1. The normalized spacial score (nSPS) is 22.0. The van der Waals surface area contributed by atoms with E-state index in [0.717, 1.165) is 32.5 Å². The number of carbonyl (C=O) groups is 1. The minimum absolute atomic E-state index is 0.0107. The molecule has 0 bridgehead atoms. The highest BCUT2D eigenvalue weighted by molar-refractivity contribution is 5.72. The number of piperidine rings is 1. The summed E-state index contributed by atoms with van der Waals surface area (Å²) in [7, 11) is 1.44. The highest BCUT2D eigenvalue weighted by Gasteiger charge is 2.25. The average molecular weight is 231 g/mol. The van der Waals surface area contributed by atoms with Crippen molar-refractivity contribution in [1.29, 1.82) is 0 Å². The van der Waals surface area contributed by atoms with Crippen LogP contribution in [0.15, 0.2) is 0 Å². The monoisotopic (exact) mass is 231 g/mol. The number of likely N-dealkylation sites (tertiary alicyclic amines) is 1. The van der Waals surface area contributed by atoms with E-state index in [1.165, 1.54) is 7.11 Å². The number of esters is 1. The molecule has 0 spiro atoms. The van der Waals surface area contributed by atoms with Crippen molar-refractivity contribution in [2.24, 2.45) is 5.92 Å². The average Bonchev–Trinajstić information content (AvgIpc) is 2.34. The van der Waals surface area contributed by atoms with Crippen molar-refractivity contribution in [2.75, 3.05) is 46.6 Å². The Bertz CT molecular complexity index is 210. The topological polar surface area (TPSA) is 59.0 Å². The van der Waals surface area contributed by atoms with Gasteiger partial charge in [-0.05, 0) is 19.4 Å². The summed E-state index contributed by atoms with van der Waals surface area (Å²) in [6.07, 6.45) is 1.94. The van der Waals surface area contributed by atoms with Crippen LogP contribution in [0, 0.1) is 5.92 Å². The fourth-order valence-electron chi connectivity index (χ4n) is 1.98. The molecule has 1 rings (SSSR count). The number of hydrogen-bond acceptors (Lipinski definition) is 5. The summed E-state index contributed by atoms with van der Waals surface area (Å²) < 4.78 is 9.95. The molecular formula is C11H21NO4. The molecule has 0 saturated carbocycles. The van der Waals surface area contributed by atoms with Gasteiger partial charge in [0, 0.05) is 13.1 Å². The molecule has 1 unspecified atom stereocenters. The van der Waals surface area contributed by atoms with E-state index in [-0.39, 0.29) is 18.5 Å². The predicted octanol–water partition coefficient (Wildman–Crippen LogP) is -0.120. The van der Waals surface area contributed by atoms with Crippen molar-refractivity contribution in [3.05, 3.63) is 0 Å². The van der Waals surface area contributed by atoms with E-state index in [1.54, 1.807) is 0 Å². The van der Waals surface area contributed by atoms with Crippen molar-refractivity contribution in [1.82, 2.24) is 4.90 Å². The van der Waals surface area contributed by atoms with E-state index in [2.05, 4.69) is 4.90 Å². The molecule has 5 heteroatoms. The molecule has 1 fully saturated rings. The van der Waals surface area contributed by atoms with Crippen molar-refractivity contribution in [3.8, 4) is 0 Å². The van der Waals surface area contributed by atoms with Gasteiger partial charge < -0.3 is 19.5 Å². The second-order valence-corrected chi connectivity index (χ2v) is 4.00. The lowest BCUT2D eigenvalue weighted by Crippen LogP contribution is -2.40. The fourth-order valence-corrected chi connectivity index (χ4v) is 1.98. The van der Waals surface area contributed by atoms with E-state index in [9.17, 15) is 4.79 Å². The number of ether oxygens (including phenoxy) is 2. The number of carbonyl (C=O) groups excluding carboxylic acids is 1. The van der Waals surface area contributed by atoms with Gasteiger partial charge in [-0.2, -0.15) is 0 Å². The van der Waals surface area contributed by atoms with Gasteiger partial charge in [0.2, 0.25) is 0 Å². The van der Waals surface area contributed by atoms with Crippen molar-refractivity contribution in [3.63, 3.8) is 0 Å². The Labute approximate surface area is 96.3 Å². The predicted molar refractivity (Wildman–Crippen MR) is 59.1 cm³/mol. The van der Waals surface area contributed by atoms with Crippen molar-refractivity contribution < 1.29 is 19.4 Å². The third-order valence-electron chi connectivity index (χ3n) is 2.83. The molecule has 0 radical (unpaired) electrons. The molecule has 1 heterocycles. The zero-order valence-electron chi connectivity index (χ0n) is 9.85. The van der Waals surface area contributed by atoms with Crippen LogP contribution in [0.5, 0.6) is 0 Å². The molecule has 5 nitrogen and oxygen atoms in total. The lowest BCUT2D eigenvalue weighted by atomic mass is 9.98. The van der Waals surface area contributed by atoms with E-state index >= 15 is 0 Å². The third-order valence-corrected chi connectivity index (χ3v) is 2.83. The molecule has 1 aliphatic rings. The molecule has 0 amide bonds. The van der Waals surface area contributed by atoms with Crippen LogP contribution in [0.1, 0.15) is 12.8 Å². The Kier molecular flexibility index (Phi) is 6.37. The third kappa shape index (κ3) is 4.47. The molecule has 0 aliphatic carbocycles. The second kappa shape index (κ2) is 7.60. The van der Waals surface area contributed by atoms with E-state index < -0.39 is 0 Å². The lowest BCUT2D eigenvalue weighted by Gasteiger charge is -2.30. The summed E-state index contributed by atoms with van der Waals surface area (Å²) in [6.45, 7) is 3.63. The summed E-state index contributed by atoms with van der Waals surface area (Å²) >= 11 is 0. The number of rotatable bonds is 6. The Morgan fingerprint density at radius 3 is 3.00 bits per heavy atom. The first-order valence-corrected chi connectivity index (χ1v) is 5.76. The summed E-state index contributed by atoms with van der Waals surface area (Å²) in [5.41, 5.74) is 0. The number of hydrogen-bond donors (Lipinski definition) is 1. The van der Waals surface area contributed by atoms with Crippen LogP contribution in [-0.2, 0) is 14.3 Å². The van der Waals surface area contributed by atoms with Gasteiger partial charge in [0.25, 0.3) is 0 Å². The molecule has 0 aromatic heterocycles. The Hall–Kier alpha value is -0.650. The van der Waals surface area contributed by atoms with Crippen LogP contribution in [0.25, 0.3) is 0 Å². The molecule has 0 aromatic rings. The summed E-state index contributed by atoms with van der Waals surface area (Å²) in [6, 6.07) is 0. The first-order valence-electron chi connectivity index (χ1n) is 5.76. The van der Waals surface area contributed by atoms with Crippen LogP contribution in [0.2, 0.25) is 0 Å². The van der Waals surface area contributed by atoms with Gasteiger partial charge >= 0.3 is 5.97 Å². The van der Waals surface area contributed by atoms with Crippen LogP contribution in [-0.4, -0.2) is 62.5 Å². The summed E-state index contributed by atoms with van der Waals surface area (Å²) in [4.78, 5) is 13.6. The molecule has 16 heavy (non-hydrogen) atoms. The highest BCUT2D eigenvalue weighted by Crippen LogP contribution is 2.17. The first kappa shape index (κ1) is 13.4. The summed E-state index contributed by atoms with van der Waals surface area (Å²) in [5, 5.41) is 8.55. The van der Waals surface area contributed by atoms with Crippen LogP contribution in [0.3, 0.4) is 0 Å². The number of nitrogens with zero attached hydrogens (tertiary/aromatic N) is 1.